The number of pyridine rings is 1. The van der Waals surface area contributed by atoms with Crippen LogP contribution in [0.2, 0.25) is 0 Å². The zero-order chi connectivity index (χ0) is 14.1. The number of hydrogen-bond acceptors (Lipinski definition) is 2. The summed E-state index contributed by atoms with van der Waals surface area (Å²) in [7, 11) is 0. The summed E-state index contributed by atoms with van der Waals surface area (Å²) in [6.07, 6.45) is 2.91. The Hall–Kier alpha value is -1.87. The summed E-state index contributed by atoms with van der Waals surface area (Å²) in [6.45, 7) is 6.60. The third-order valence-electron chi connectivity index (χ3n) is 4.21. The van der Waals surface area contributed by atoms with E-state index in [9.17, 15) is 4.79 Å². The van der Waals surface area contributed by atoms with E-state index in [1.807, 2.05) is 20.0 Å². The molecule has 0 amide bonds. The average molecular weight is 268 g/mol. The van der Waals surface area contributed by atoms with E-state index in [0.29, 0.717) is 0 Å². The topological polar surface area (TPSA) is 36.1 Å². The molecule has 0 spiro atoms. The third-order valence-corrected chi connectivity index (χ3v) is 4.21. The summed E-state index contributed by atoms with van der Waals surface area (Å²) >= 11 is 0. The maximum atomic E-state index is 12.0. The minimum atomic E-state index is 0.163. The lowest BCUT2D eigenvalue weighted by molar-refractivity contribution is 0.242. The van der Waals surface area contributed by atoms with Gasteiger partial charge in [0.2, 0.25) is 0 Å². The number of aryl methyl sites for hydroxylation is 1. The number of H-pyrrole nitrogens is 1. The van der Waals surface area contributed by atoms with Crippen molar-refractivity contribution in [2.24, 2.45) is 0 Å². The Bertz CT molecular complexity index is 688. The monoisotopic (exact) mass is 268 g/mol. The molecule has 0 bridgehead atoms. The van der Waals surface area contributed by atoms with Crippen LogP contribution in [0, 0.1) is 13.8 Å². The lowest BCUT2D eigenvalue weighted by atomic mass is 9.99. The number of hydrogen-bond donors (Lipinski definition) is 1. The van der Waals surface area contributed by atoms with Gasteiger partial charge in [-0.15, -0.1) is 0 Å². The molecular weight excluding hydrogens is 248 g/mol. The van der Waals surface area contributed by atoms with E-state index in [4.69, 9.17) is 0 Å². The first-order valence-corrected chi connectivity index (χ1v) is 7.12. The van der Waals surface area contributed by atoms with Crippen molar-refractivity contribution in [1.29, 1.82) is 0 Å². The molecule has 3 rings (SSSR count). The maximum absolute atomic E-state index is 12.0. The Balaban J connectivity index is 1.81. The van der Waals surface area contributed by atoms with E-state index in [1.54, 1.807) is 0 Å². The van der Waals surface area contributed by atoms with Gasteiger partial charge in [-0.25, -0.2) is 0 Å². The molecular formula is C17H20N2O. The van der Waals surface area contributed by atoms with Gasteiger partial charge in [0.1, 0.15) is 0 Å². The first-order valence-electron chi connectivity index (χ1n) is 7.12. The molecule has 0 radical (unpaired) electrons. The summed E-state index contributed by atoms with van der Waals surface area (Å²) in [5.74, 6) is 0. The highest BCUT2D eigenvalue weighted by atomic mass is 16.1. The van der Waals surface area contributed by atoms with Crippen LogP contribution in [0.1, 0.15) is 27.9 Å². The summed E-state index contributed by atoms with van der Waals surface area (Å²) < 4.78 is 0. The van der Waals surface area contributed by atoms with Crippen LogP contribution in [-0.2, 0) is 19.5 Å². The fraction of sp³-hybridized carbons (Fsp3) is 0.353. The predicted molar refractivity (Wildman–Crippen MR) is 80.8 cm³/mol. The fourth-order valence-electron chi connectivity index (χ4n) is 2.88. The molecule has 2 heterocycles. The number of aromatic nitrogens is 1. The van der Waals surface area contributed by atoms with E-state index in [-0.39, 0.29) is 5.43 Å². The molecule has 0 fully saturated rings. The molecule has 1 aliphatic heterocycles. The minimum absolute atomic E-state index is 0.163. The number of fused-ring (bicyclic) bond motifs is 1. The van der Waals surface area contributed by atoms with Gasteiger partial charge >= 0.3 is 0 Å². The summed E-state index contributed by atoms with van der Waals surface area (Å²) in [5, 5.41) is 0. The molecule has 2 aromatic rings. The molecule has 104 valence electrons. The van der Waals surface area contributed by atoms with Crippen molar-refractivity contribution >= 4 is 0 Å². The Morgan fingerprint density at radius 1 is 1.20 bits per heavy atom. The van der Waals surface area contributed by atoms with Crippen molar-refractivity contribution in [1.82, 2.24) is 9.88 Å². The molecule has 3 nitrogen and oxygen atoms in total. The Morgan fingerprint density at radius 2 is 1.95 bits per heavy atom. The third kappa shape index (κ3) is 2.41. The first-order chi connectivity index (χ1) is 9.65. The first kappa shape index (κ1) is 13.1. The van der Waals surface area contributed by atoms with Gasteiger partial charge in [-0.3, -0.25) is 9.69 Å². The van der Waals surface area contributed by atoms with Gasteiger partial charge in [-0.1, -0.05) is 24.3 Å². The van der Waals surface area contributed by atoms with Gasteiger partial charge < -0.3 is 4.98 Å². The van der Waals surface area contributed by atoms with Crippen molar-refractivity contribution in [3.8, 4) is 0 Å². The van der Waals surface area contributed by atoms with Crippen molar-refractivity contribution in [2.45, 2.75) is 33.4 Å². The highest BCUT2D eigenvalue weighted by Gasteiger charge is 2.17. The quantitative estimate of drug-likeness (QED) is 0.908. The second-order valence-electron chi connectivity index (χ2n) is 5.63. The smallest absolute Gasteiger partial charge is 0.187 e. The second kappa shape index (κ2) is 5.25. The summed E-state index contributed by atoms with van der Waals surface area (Å²) in [4.78, 5) is 17.7. The molecule has 0 atom stereocenters. The van der Waals surface area contributed by atoms with Crippen molar-refractivity contribution < 1.29 is 0 Å². The Morgan fingerprint density at radius 3 is 2.75 bits per heavy atom. The van der Waals surface area contributed by atoms with Crippen LogP contribution >= 0.6 is 0 Å². The lowest BCUT2D eigenvalue weighted by Crippen LogP contribution is -2.31. The summed E-state index contributed by atoms with van der Waals surface area (Å²) in [6, 6.07) is 8.62. The standard InChI is InChI=1S/C17H20N2O/c1-12-9-18-16(13(2)17(12)20)11-19-8-7-14-5-3-4-6-15(14)10-19/h3-6,9H,7-8,10-11H2,1-2H3,(H,18,20). The van der Waals surface area contributed by atoms with Crippen LogP contribution in [0.4, 0.5) is 0 Å². The molecule has 1 N–H and O–H groups in total. The van der Waals surface area contributed by atoms with Crippen LogP contribution in [0.15, 0.2) is 35.3 Å². The van der Waals surface area contributed by atoms with E-state index in [0.717, 1.165) is 42.9 Å². The Labute approximate surface area is 119 Å². The Kier molecular flexibility index (Phi) is 3.45. The average Bonchev–Trinajstić information content (AvgIpc) is 2.48. The maximum Gasteiger partial charge on any atom is 0.187 e. The van der Waals surface area contributed by atoms with Gasteiger partial charge in [0.25, 0.3) is 0 Å². The van der Waals surface area contributed by atoms with Crippen molar-refractivity contribution in [2.75, 3.05) is 6.54 Å². The van der Waals surface area contributed by atoms with Crippen LogP contribution in [0.3, 0.4) is 0 Å². The van der Waals surface area contributed by atoms with Gasteiger partial charge in [-0.2, -0.15) is 0 Å². The van der Waals surface area contributed by atoms with Crippen molar-refractivity contribution in [3.63, 3.8) is 0 Å². The molecule has 0 saturated carbocycles. The molecule has 1 aliphatic rings. The SMILES string of the molecule is Cc1c[nH]c(CN2CCc3ccccc3C2)c(C)c1=O. The number of nitrogens with zero attached hydrogens (tertiary/aromatic N) is 1. The molecule has 0 aliphatic carbocycles. The van der Waals surface area contributed by atoms with Gasteiger partial charge in [-0.05, 0) is 31.4 Å². The van der Waals surface area contributed by atoms with Crippen LogP contribution in [0.5, 0.6) is 0 Å². The zero-order valence-electron chi connectivity index (χ0n) is 12.1. The van der Waals surface area contributed by atoms with Crippen LogP contribution in [0.25, 0.3) is 0 Å². The van der Waals surface area contributed by atoms with E-state index < -0.39 is 0 Å². The van der Waals surface area contributed by atoms with Crippen molar-refractivity contribution in [3.05, 3.63) is 68.6 Å². The number of benzene rings is 1. The lowest BCUT2D eigenvalue weighted by Gasteiger charge is -2.29. The molecule has 0 unspecified atom stereocenters. The summed E-state index contributed by atoms with van der Waals surface area (Å²) in [5.41, 5.74) is 5.71. The molecule has 3 heteroatoms. The fourth-order valence-corrected chi connectivity index (χ4v) is 2.88. The minimum Gasteiger partial charge on any atom is -0.363 e. The van der Waals surface area contributed by atoms with Gasteiger partial charge in [0.15, 0.2) is 5.43 Å². The molecule has 0 saturated heterocycles. The van der Waals surface area contributed by atoms with Crippen LogP contribution < -0.4 is 5.43 Å². The predicted octanol–water partition coefficient (Wildman–Crippen LogP) is 2.55. The van der Waals surface area contributed by atoms with Crippen LogP contribution in [-0.4, -0.2) is 16.4 Å². The molecule has 1 aromatic carbocycles. The second-order valence-corrected chi connectivity index (χ2v) is 5.63. The zero-order valence-corrected chi connectivity index (χ0v) is 12.1. The molecule has 20 heavy (non-hydrogen) atoms. The number of aromatic amines is 1. The number of rotatable bonds is 2. The number of nitrogens with one attached hydrogen (secondary N) is 1. The van der Waals surface area contributed by atoms with E-state index in [2.05, 4.69) is 34.1 Å². The molecule has 1 aromatic heterocycles. The largest absolute Gasteiger partial charge is 0.363 e. The highest BCUT2D eigenvalue weighted by molar-refractivity contribution is 5.29. The highest BCUT2D eigenvalue weighted by Crippen LogP contribution is 2.20. The van der Waals surface area contributed by atoms with E-state index in [1.165, 1.54) is 11.1 Å². The normalized spacial score (nSPS) is 15.1. The van der Waals surface area contributed by atoms with Gasteiger partial charge in [0, 0.05) is 42.7 Å². The van der Waals surface area contributed by atoms with E-state index >= 15 is 0 Å². The van der Waals surface area contributed by atoms with Gasteiger partial charge in [0.05, 0.1) is 0 Å².